The number of ether oxygens (including phenoxy) is 2. The molecule has 0 spiro atoms. The smallest absolute Gasteiger partial charge is 0.355 e. The van der Waals surface area contributed by atoms with Gasteiger partial charge in [0, 0.05) is 18.4 Å². The summed E-state index contributed by atoms with van der Waals surface area (Å²) in [6, 6.07) is 15.7. The molecule has 34 heavy (non-hydrogen) atoms. The third-order valence-corrected chi connectivity index (χ3v) is 7.00. The minimum absolute atomic E-state index is 0.0717. The van der Waals surface area contributed by atoms with E-state index in [2.05, 4.69) is 0 Å². The Labute approximate surface area is 203 Å². The number of anilines is 1. The molecule has 176 valence electrons. The van der Waals surface area contributed by atoms with Gasteiger partial charge in [0.1, 0.15) is 29.5 Å². The zero-order valence-electron chi connectivity index (χ0n) is 19.3. The van der Waals surface area contributed by atoms with Gasteiger partial charge in [0.25, 0.3) is 5.91 Å². The molecule has 7 nitrogen and oxygen atoms in total. The van der Waals surface area contributed by atoms with Gasteiger partial charge in [-0.2, -0.15) is 0 Å². The number of benzene rings is 2. The van der Waals surface area contributed by atoms with Crippen molar-refractivity contribution in [2.45, 2.75) is 31.9 Å². The molecule has 0 unspecified atom stereocenters. The second-order valence-electron chi connectivity index (χ2n) is 7.88. The maximum atomic E-state index is 13.4. The average Bonchev–Trinajstić information content (AvgIpc) is 2.86. The van der Waals surface area contributed by atoms with Gasteiger partial charge in [-0.15, -0.1) is 11.8 Å². The van der Waals surface area contributed by atoms with E-state index in [4.69, 9.17) is 9.47 Å². The number of thioether (sulfide) groups is 1. The molecule has 2 heterocycles. The summed E-state index contributed by atoms with van der Waals surface area (Å²) < 4.78 is 10.7. The van der Waals surface area contributed by atoms with Crippen molar-refractivity contribution in [3.63, 3.8) is 0 Å². The van der Waals surface area contributed by atoms with E-state index in [-0.39, 0.29) is 29.5 Å². The zero-order chi connectivity index (χ0) is 24.2. The van der Waals surface area contributed by atoms with Gasteiger partial charge in [0.15, 0.2) is 0 Å². The predicted octanol–water partition coefficient (Wildman–Crippen LogP) is 3.91. The number of hydrogen-bond acceptors (Lipinski definition) is 6. The molecule has 2 aliphatic heterocycles. The Morgan fingerprint density at radius 1 is 1.15 bits per heavy atom. The number of esters is 1. The molecule has 0 radical (unpaired) electrons. The Morgan fingerprint density at radius 3 is 2.47 bits per heavy atom. The Hall–Kier alpha value is -3.52. The number of rotatable bonds is 7. The molecule has 1 saturated heterocycles. The Bertz CT molecular complexity index is 1140. The third-order valence-electron chi connectivity index (χ3n) is 5.71. The van der Waals surface area contributed by atoms with Crippen molar-refractivity contribution in [3.05, 3.63) is 83.6 Å². The lowest BCUT2D eigenvalue weighted by Crippen LogP contribution is -2.71. The zero-order valence-corrected chi connectivity index (χ0v) is 20.1. The van der Waals surface area contributed by atoms with E-state index < -0.39 is 12.0 Å². The molecule has 1 fully saturated rings. The van der Waals surface area contributed by atoms with Gasteiger partial charge in [-0.3, -0.25) is 19.4 Å². The summed E-state index contributed by atoms with van der Waals surface area (Å²) in [5.74, 6) is 0.162. The van der Waals surface area contributed by atoms with E-state index in [1.807, 2.05) is 49.4 Å². The van der Waals surface area contributed by atoms with E-state index in [0.717, 1.165) is 11.1 Å². The van der Waals surface area contributed by atoms with Crippen molar-refractivity contribution in [1.82, 2.24) is 4.90 Å². The molecule has 8 heteroatoms. The fourth-order valence-corrected chi connectivity index (χ4v) is 5.47. The number of para-hydroxylation sites is 1. The SMILES string of the molecule is C/C=C\C1=C(C(=O)OCc2ccc(OC)cc2)N2C(=O)[C@@H](N(C(C)=O)c3ccccc3)[C@H]2SC1. The van der Waals surface area contributed by atoms with Gasteiger partial charge in [0.05, 0.1) is 7.11 Å². The molecular formula is C26H26N2O5S. The van der Waals surface area contributed by atoms with Crippen LogP contribution in [0.15, 0.2) is 78.0 Å². The standard InChI is InChI=1S/C26H26N2O5S/c1-4-8-19-16-34-25-23(27(17(2)29)20-9-6-5-7-10-20)24(30)28(25)22(19)26(31)33-15-18-11-13-21(32-3)14-12-18/h4-14,23,25H,15-16H2,1-3H3/b8-4-/t23-,25-/m1/s1. The third kappa shape index (κ3) is 4.46. The molecule has 2 aliphatic rings. The van der Waals surface area contributed by atoms with E-state index in [9.17, 15) is 14.4 Å². The second-order valence-corrected chi connectivity index (χ2v) is 8.98. The van der Waals surface area contributed by atoms with Crippen LogP contribution in [0, 0.1) is 0 Å². The number of hydrogen-bond donors (Lipinski definition) is 0. The number of fused-ring (bicyclic) bond motifs is 1. The minimum atomic E-state index is -0.679. The average molecular weight is 479 g/mol. The summed E-state index contributed by atoms with van der Waals surface area (Å²) in [5.41, 5.74) is 2.43. The number of methoxy groups -OCH3 is 1. The topological polar surface area (TPSA) is 76.2 Å². The molecule has 0 aromatic heterocycles. The van der Waals surface area contributed by atoms with Gasteiger partial charge in [-0.25, -0.2) is 4.79 Å². The monoisotopic (exact) mass is 478 g/mol. The first-order chi connectivity index (χ1) is 16.5. The van der Waals surface area contributed by atoms with Crippen LogP contribution in [0.3, 0.4) is 0 Å². The summed E-state index contributed by atoms with van der Waals surface area (Å²) in [5, 5.41) is -0.367. The quantitative estimate of drug-likeness (QED) is 0.444. The lowest BCUT2D eigenvalue weighted by atomic mass is 10.00. The number of β-lactam (4-membered cyclic amide) rings is 1. The van der Waals surface area contributed by atoms with Gasteiger partial charge in [-0.05, 0) is 42.3 Å². The van der Waals surface area contributed by atoms with Crippen molar-refractivity contribution in [3.8, 4) is 5.75 Å². The molecule has 2 amide bonds. The molecule has 2 atom stereocenters. The van der Waals surface area contributed by atoms with E-state index in [1.54, 1.807) is 31.4 Å². The first-order valence-corrected chi connectivity index (χ1v) is 12.0. The molecule has 2 aromatic carbocycles. The molecule has 4 rings (SSSR count). The highest BCUT2D eigenvalue weighted by atomic mass is 32.2. The number of carbonyl (C=O) groups is 3. The van der Waals surface area contributed by atoms with E-state index in [0.29, 0.717) is 17.2 Å². The molecule has 2 aromatic rings. The van der Waals surface area contributed by atoms with E-state index in [1.165, 1.54) is 28.5 Å². The van der Waals surface area contributed by atoms with Crippen molar-refractivity contribution >= 4 is 35.2 Å². The normalized spacial score (nSPS) is 19.5. The van der Waals surface area contributed by atoms with Crippen LogP contribution in [0.1, 0.15) is 19.4 Å². The lowest BCUT2D eigenvalue weighted by Gasteiger charge is -2.52. The summed E-state index contributed by atoms with van der Waals surface area (Å²) in [4.78, 5) is 42.0. The number of amides is 2. The first-order valence-electron chi connectivity index (χ1n) is 10.9. The lowest BCUT2D eigenvalue weighted by molar-refractivity contribution is -0.152. The number of nitrogens with zero attached hydrogens (tertiary/aromatic N) is 2. The van der Waals surface area contributed by atoms with Gasteiger partial charge in [0.2, 0.25) is 5.91 Å². The maximum Gasteiger partial charge on any atom is 0.355 e. The fourth-order valence-electron chi connectivity index (χ4n) is 4.11. The minimum Gasteiger partial charge on any atom is -0.497 e. The number of allylic oxidation sites excluding steroid dienone is 2. The van der Waals surface area contributed by atoms with Crippen LogP contribution in [0.4, 0.5) is 5.69 Å². The Kier molecular flexibility index (Phi) is 7.07. The maximum absolute atomic E-state index is 13.4. The van der Waals surface area contributed by atoms with Crippen molar-refractivity contribution in [1.29, 1.82) is 0 Å². The van der Waals surface area contributed by atoms with Gasteiger partial charge >= 0.3 is 5.97 Å². The van der Waals surface area contributed by atoms with E-state index >= 15 is 0 Å². The van der Waals surface area contributed by atoms with Gasteiger partial charge < -0.3 is 9.47 Å². The summed E-state index contributed by atoms with van der Waals surface area (Å²) >= 11 is 1.53. The van der Waals surface area contributed by atoms with Crippen LogP contribution in [0.25, 0.3) is 0 Å². The highest BCUT2D eigenvalue weighted by molar-refractivity contribution is 8.00. The summed E-state index contributed by atoms with van der Waals surface area (Å²) in [6.45, 7) is 3.38. The highest BCUT2D eigenvalue weighted by Gasteiger charge is 2.57. The molecular weight excluding hydrogens is 452 g/mol. The van der Waals surface area contributed by atoms with Crippen molar-refractivity contribution in [2.75, 3.05) is 17.8 Å². The van der Waals surface area contributed by atoms with Crippen LogP contribution in [0.5, 0.6) is 5.75 Å². The second kappa shape index (κ2) is 10.2. The van der Waals surface area contributed by atoms with Crippen LogP contribution < -0.4 is 9.64 Å². The van der Waals surface area contributed by atoms with Crippen molar-refractivity contribution in [2.24, 2.45) is 0 Å². The fraction of sp³-hybridized carbons (Fsp3) is 0.269. The largest absolute Gasteiger partial charge is 0.497 e. The van der Waals surface area contributed by atoms with Crippen molar-refractivity contribution < 1.29 is 23.9 Å². The predicted molar refractivity (Wildman–Crippen MR) is 131 cm³/mol. The van der Waals surface area contributed by atoms with Crippen LogP contribution >= 0.6 is 11.8 Å². The molecule has 0 aliphatic carbocycles. The Balaban J connectivity index is 1.57. The van der Waals surface area contributed by atoms with Crippen LogP contribution in [-0.4, -0.2) is 47.0 Å². The number of carbonyl (C=O) groups excluding carboxylic acids is 3. The molecule has 0 saturated carbocycles. The molecule has 0 N–H and O–H groups in total. The highest BCUT2D eigenvalue weighted by Crippen LogP contribution is 2.44. The molecule has 0 bridgehead atoms. The summed E-state index contributed by atoms with van der Waals surface area (Å²) in [7, 11) is 1.59. The Morgan fingerprint density at radius 2 is 1.85 bits per heavy atom. The van der Waals surface area contributed by atoms with Crippen LogP contribution in [-0.2, 0) is 25.7 Å². The first kappa shape index (κ1) is 23.6. The van der Waals surface area contributed by atoms with Gasteiger partial charge in [-0.1, -0.05) is 42.5 Å². The van der Waals surface area contributed by atoms with Crippen LogP contribution in [0.2, 0.25) is 0 Å². The summed E-state index contributed by atoms with van der Waals surface area (Å²) in [6.07, 6.45) is 3.66.